The molecule has 1 aliphatic heterocycles. The lowest BCUT2D eigenvalue weighted by Gasteiger charge is -2.17. The van der Waals surface area contributed by atoms with Gasteiger partial charge in [-0.25, -0.2) is 8.42 Å². The summed E-state index contributed by atoms with van der Waals surface area (Å²) in [5.74, 6) is 0.909. The van der Waals surface area contributed by atoms with Gasteiger partial charge < -0.3 is 10.5 Å². The third-order valence-electron chi connectivity index (χ3n) is 3.72. The van der Waals surface area contributed by atoms with E-state index in [1.54, 1.807) is 18.2 Å². The van der Waals surface area contributed by atoms with Crippen LogP contribution in [0.4, 0.5) is 0 Å². The van der Waals surface area contributed by atoms with E-state index in [4.69, 9.17) is 10.5 Å². The minimum Gasteiger partial charge on any atom is -0.494 e. The van der Waals surface area contributed by atoms with Gasteiger partial charge in [-0.05, 0) is 43.5 Å². The molecule has 5 nitrogen and oxygen atoms in total. The molecule has 2 N–H and O–H groups in total. The highest BCUT2D eigenvalue weighted by atomic mass is 32.2. The molecule has 0 aliphatic carbocycles. The molecule has 0 amide bonds. The van der Waals surface area contributed by atoms with Gasteiger partial charge in [-0.1, -0.05) is 6.92 Å². The van der Waals surface area contributed by atoms with Crippen LogP contribution >= 0.6 is 0 Å². The van der Waals surface area contributed by atoms with E-state index in [2.05, 4.69) is 0 Å². The Hall–Kier alpha value is -1.11. The van der Waals surface area contributed by atoms with Gasteiger partial charge in [-0.3, -0.25) is 0 Å². The molecule has 1 aliphatic rings. The van der Waals surface area contributed by atoms with Crippen LogP contribution in [-0.4, -0.2) is 38.5 Å². The van der Waals surface area contributed by atoms with Gasteiger partial charge in [0.1, 0.15) is 5.75 Å². The van der Waals surface area contributed by atoms with Gasteiger partial charge in [0.15, 0.2) is 0 Å². The number of aryl methyl sites for hydroxylation is 1. The molecule has 0 radical (unpaired) electrons. The molecule has 0 aromatic heterocycles. The lowest BCUT2D eigenvalue weighted by Crippen LogP contribution is -2.32. The Kier molecular flexibility index (Phi) is 4.36. The minimum atomic E-state index is -3.46. The minimum absolute atomic E-state index is 0.0893. The quantitative estimate of drug-likeness (QED) is 0.911. The zero-order chi connectivity index (χ0) is 14.9. The number of nitrogens with zero attached hydrogens (tertiary/aromatic N) is 1. The first-order valence-electron chi connectivity index (χ1n) is 6.85. The fourth-order valence-corrected chi connectivity index (χ4v) is 4.05. The molecule has 1 aromatic rings. The molecule has 0 bridgehead atoms. The Morgan fingerprint density at radius 3 is 2.60 bits per heavy atom. The predicted molar refractivity (Wildman–Crippen MR) is 78.2 cm³/mol. The molecule has 6 heteroatoms. The average Bonchev–Trinajstić information content (AvgIpc) is 2.73. The maximum absolute atomic E-state index is 12.6. The monoisotopic (exact) mass is 298 g/mol. The summed E-state index contributed by atoms with van der Waals surface area (Å²) in [6, 6.07) is 4.88. The number of benzene rings is 1. The summed E-state index contributed by atoms with van der Waals surface area (Å²) in [4.78, 5) is 0.305. The Morgan fingerprint density at radius 1 is 1.40 bits per heavy atom. The van der Waals surface area contributed by atoms with Crippen molar-refractivity contribution in [3.63, 3.8) is 0 Å². The van der Waals surface area contributed by atoms with E-state index >= 15 is 0 Å². The van der Waals surface area contributed by atoms with E-state index in [-0.39, 0.29) is 12.0 Å². The maximum Gasteiger partial charge on any atom is 0.243 e. The predicted octanol–water partition coefficient (Wildman–Crippen LogP) is 1.36. The van der Waals surface area contributed by atoms with Crippen molar-refractivity contribution in [3.05, 3.63) is 23.8 Å². The van der Waals surface area contributed by atoms with Crippen LogP contribution in [0.3, 0.4) is 0 Å². The second kappa shape index (κ2) is 5.71. The summed E-state index contributed by atoms with van der Waals surface area (Å²) in [5, 5.41) is 0. The molecule has 112 valence electrons. The van der Waals surface area contributed by atoms with E-state index in [1.807, 2.05) is 20.8 Å². The maximum atomic E-state index is 12.6. The smallest absolute Gasteiger partial charge is 0.243 e. The van der Waals surface area contributed by atoms with Crippen molar-refractivity contribution >= 4 is 10.0 Å². The van der Waals surface area contributed by atoms with Gasteiger partial charge in [-0.15, -0.1) is 0 Å². The number of hydrogen-bond acceptors (Lipinski definition) is 4. The summed E-state index contributed by atoms with van der Waals surface area (Å²) < 4.78 is 32.1. The highest BCUT2D eigenvalue weighted by molar-refractivity contribution is 7.89. The summed E-state index contributed by atoms with van der Waals surface area (Å²) in [6.45, 7) is 7.15. The highest BCUT2D eigenvalue weighted by Crippen LogP contribution is 2.27. The number of nitrogens with two attached hydrogens (primary N) is 1. The SMILES string of the molecule is CCOc1ccc(S(=O)(=O)N2CC(C)C(N)C2)cc1C. The molecule has 2 rings (SSSR count). The molecule has 0 saturated carbocycles. The van der Waals surface area contributed by atoms with E-state index in [9.17, 15) is 8.42 Å². The molecular formula is C14H22N2O3S. The Labute approximate surface area is 120 Å². The van der Waals surface area contributed by atoms with Crippen molar-refractivity contribution in [3.8, 4) is 5.75 Å². The van der Waals surface area contributed by atoms with Crippen LogP contribution in [0.15, 0.2) is 23.1 Å². The van der Waals surface area contributed by atoms with Crippen LogP contribution in [0.5, 0.6) is 5.75 Å². The van der Waals surface area contributed by atoms with Crippen LogP contribution < -0.4 is 10.5 Å². The van der Waals surface area contributed by atoms with Crippen molar-refractivity contribution in [2.24, 2.45) is 11.7 Å². The average molecular weight is 298 g/mol. The van der Waals surface area contributed by atoms with E-state index in [0.29, 0.717) is 24.6 Å². The Bertz CT molecular complexity index is 576. The number of rotatable bonds is 4. The second-order valence-electron chi connectivity index (χ2n) is 5.32. The van der Waals surface area contributed by atoms with Crippen LogP contribution in [-0.2, 0) is 10.0 Å². The van der Waals surface area contributed by atoms with Gasteiger partial charge >= 0.3 is 0 Å². The third kappa shape index (κ3) is 2.82. The molecule has 2 unspecified atom stereocenters. The van der Waals surface area contributed by atoms with Crippen molar-refractivity contribution in [2.45, 2.75) is 31.7 Å². The zero-order valence-corrected chi connectivity index (χ0v) is 13.0. The molecule has 20 heavy (non-hydrogen) atoms. The van der Waals surface area contributed by atoms with Crippen LogP contribution in [0.2, 0.25) is 0 Å². The lowest BCUT2D eigenvalue weighted by molar-refractivity contribution is 0.337. The van der Waals surface area contributed by atoms with E-state index in [1.165, 1.54) is 4.31 Å². The summed E-state index contributed by atoms with van der Waals surface area (Å²) in [5.41, 5.74) is 6.73. The van der Waals surface area contributed by atoms with Gasteiger partial charge in [0.05, 0.1) is 11.5 Å². The Morgan fingerprint density at radius 2 is 2.10 bits per heavy atom. The standard InChI is InChI=1S/C14H22N2O3S/c1-4-19-14-6-5-12(7-10(14)2)20(17,18)16-8-11(3)13(15)9-16/h5-7,11,13H,4,8-9,15H2,1-3H3. The molecule has 1 aromatic carbocycles. The molecule has 2 atom stereocenters. The van der Waals surface area contributed by atoms with E-state index in [0.717, 1.165) is 11.3 Å². The topological polar surface area (TPSA) is 72.6 Å². The summed E-state index contributed by atoms with van der Waals surface area (Å²) in [7, 11) is -3.46. The first-order chi connectivity index (χ1) is 9.36. The molecular weight excluding hydrogens is 276 g/mol. The number of hydrogen-bond donors (Lipinski definition) is 1. The second-order valence-corrected chi connectivity index (χ2v) is 7.26. The van der Waals surface area contributed by atoms with E-state index < -0.39 is 10.0 Å². The van der Waals surface area contributed by atoms with Crippen LogP contribution in [0, 0.1) is 12.8 Å². The van der Waals surface area contributed by atoms with Gasteiger partial charge in [0.25, 0.3) is 0 Å². The lowest BCUT2D eigenvalue weighted by atomic mass is 10.1. The van der Waals surface area contributed by atoms with Crippen molar-refractivity contribution in [2.75, 3.05) is 19.7 Å². The molecule has 1 fully saturated rings. The molecule has 0 spiro atoms. The van der Waals surface area contributed by atoms with Crippen molar-refractivity contribution < 1.29 is 13.2 Å². The number of ether oxygens (including phenoxy) is 1. The van der Waals surface area contributed by atoms with Gasteiger partial charge in [-0.2, -0.15) is 4.31 Å². The Balaban J connectivity index is 2.29. The summed E-state index contributed by atoms with van der Waals surface area (Å²) >= 11 is 0. The highest BCUT2D eigenvalue weighted by Gasteiger charge is 2.35. The summed E-state index contributed by atoms with van der Waals surface area (Å²) in [6.07, 6.45) is 0. The first-order valence-corrected chi connectivity index (χ1v) is 8.29. The number of sulfonamides is 1. The first kappa shape index (κ1) is 15.3. The molecule has 1 saturated heterocycles. The van der Waals surface area contributed by atoms with Crippen molar-refractivity contribution in [1.82, 2.24) is 4.31 Å². The van der Waals surface area contributed by atoms with Gasteiger partial charge in [0, 0.05) is 19.1 Å². The van der Waals surface area contributed by atoms with Gasteiger partial charge in [0.2, 0.25) is 10.0 Å². The largest absolute Gasteiger partial charge is 0.494 e. The van der Waals surface area contributed by atoms with Crippen LogP contribution in [0.1, 0.15) is 19.4 Å². The third-order valence-corrected chi connectivity index (χ3v) is 5.55. The zero-order valence-electron chi connectivity index (χ0n) is 12.2. The fraction of sp³-hybridized carbons (Fsp3) is 0.571. The normalized spacial score (nSPS) is 24.0. The molecule has 1 heterocycles. The fourth-order valence-electron chi connectivity index (χ4n) is 2.39. The van der Waals surface area contributed by atoms with Crippen LogP contribution in [0.25, 0.3) is 0 Å². The van der Waals surface area contributed by atoms with Crippen molar-refractivity contribution in [1.29, 1.82) is 0 Å².